The Hall–Kier alpha value is -0.930. The lowest BCUT2D eigenvalue weighted by Crippen LogP contribution is -2.34. The summed E-state index contributed by atoms with van der Waals surface area (Å²) in [6.07, 6.45) is 2.20. The van der Waals surface area contributed by atoms with Crippen molar-refractivity contribution in [3.63, 3.8) is 0 Å². The van der Waals surface area contributed by atoms with E-state index in [-0.39, 0.29) is 0 Å². The fourth-order valence-electron chi connectivity index (χ4n) is 1.74. The predicted molar refractivity (Wildman–Crippen MR) is 73.7 cm³/mol. The van der Waals surface area contributed by atoms with E-state index < -0.39 is 0 Å². The van der Waals surface area contributed by atoms with Crippen LogP contribution in [0.15, 0.2) is 30.3 Å². The van der Waals surface area contributed by atoms with Crippen molar-refractivity contribution in [2.75, 3.05) is 19.6 Å². The number of rotatable bonds is 7. The highest BCUT2D eigenvalue weighted by Gasteiger charge is 2.04. The van der Waals surface area contributed by atoms with Crippen LogP contribution in [0.3, 0.4) is 0 Å². The van der Waals surface area contributed by atoms with Gasteiger partial charge in [0.2, 0.25) is 0 Å². The van der Waals surface area contributed by atoms with Crippen LogP contribution in [0.25, 0.3) is 0 Å². The third-order valence-corrected chi connectivity index (χ3v) is 2.61. The van der Waals surface area contributed by atoms with Crippen LogP contribution in [0.4, 0.5) is 0 Å². The quantitative estimate of drug-likeness (QED) is 0.736. The SMILES string of the molecule is CCCN(CCc1ccccc1)CC(N)=S. The first-order valence-electron chi connectivity index (χ1n) is 5.77. The summed E-state index contributed by atoms with van der Waals surface area (Å²) in [5.74, 6) is 0. The lowest BCUT2D eigenvalue weighted by Gasteiger charge is -2.20. The summed E-state index contributed by atoms with van der Waals surface area (Å²) in [7, 11) is 0. The van der Waals surface area contributed by atoms with Crippen molar-refractivity contribution in [2.24, 2.45) is 5.73 Å². The van der Waals surface area contributed by atoms with Crippen LogP contribution in [0.1, 0.15) is 18.9 Å². The second-order valence-corrected chi connectivity index (χ2v) is 4.50. The van der Waals surface area contributed by atoms with Gasteiger partial charge in [-0.15, -0.1) is 0 Å². The Bertz CT molecular complexity index is 311. The Kier molecular flexibility index (Phi) is 6.04. The molecule has 0 atom stereocenters. The van der Waals surface area contributed by atoms with Crippen molar-refractivity contribution in [3.8, 4) is 0 Å². The summed E-state index contributed by atoms with van der Waals surface area (Å²) in [5.41, 5.74) is 6.95. The normalized spacial score (nSPS) is 10.6. The van der Waals surface area contributed by atoms with Gasteiger partial charge in [-0.1, -0.05) is 49.5 Å². The van der Waals surface area contributed by atoms with E-state index in [0.29, 0.717) is 4.99 Å². The van der Waals surface area contributed by atoms with Crippen LogP contribution < -0.4 is 5.73 Å². The number of nitrogens with zero attached hydrogens (tertiary/aromatic N) is 1. The molecule has 0 radical (unpaired) electrons. The Morgan fingerprint density at radius 3 is 2.50 bits per heavy atom. The second kappa shape index (κ2) is 7.36. The van der Waals surface area contributed by atoms with E-state index in [2.05, 4.69) is 36.1 Å². The molecule has 0 amide bonds. The molecule has 0 aliphatic rings. The number of thiocarbonyl (C=S) groups is 1. The van der Waals surface area contributed by atoms with Gasteiger partial charge in [-0.3, -0.25) is 4.90 Å². The molecule has 0 saturated carbocycles. The van der Waals surface area contributed by atoms with Crippen molar-refractivity contribution in [1.29, 1.82) is 0 Å². The van der Waals surface area contributed by atoms with E-state index in [1.807, 2.05) is 6.07 Å². The zero-order valence-corrected chi connectivity index (χ0v) is 10.7. The Morgan fingerprint density at radius 1 is 1.25 bits per heavy atom. The molecule has 1 aromatic rings. The molecule has 2 N–H and O–H groups in total. The van der Waals surface area contributed by atoms with E-state index in [1.165, 1.54) is 5.56 Å². The fraction of sp³-hybridized carbons (Fsp3) is 0.462. The maximum Gasteiger partial charge on any atom is 0.0870 e. The topological polar surface area (TPSA) is 29.3 Å². The van der Waals surface area contributed by atoms with E-state index in [4.69, 9.17) is 18.0 Å². The smallest absolute Gasteiger partial charge is 0.0870 e. The van der Waals surface area contributed by atoms with Gasteiger partial charge in [-0.2, -0.15) is 0 Å². The summed E-state index contributed by atoms with van der Waals surface area (Å²) in [4.78, 5) is 2.90. The summed E-state index contributed by atoms with van der Waals surface area (Å²) < 4.78 is 0. The van der Waals surface area contributed by atoms with Gasteiger partial charge in [-0.05, 0) is 24.9 Å². The fourth-order valence-corrected chi connectivity index (χ4v) is 1.92. The van der Waals surface area contributed by atoms with Crippen molar-refractivity contribution < 1.29 is 0 Å². The molecule has 0 saturated heterocycles. The van der Waals surface area contributed by atoms with Crippen LogP contribution in [0, 0.1) is 0 Å². The highest BCUT2D eigenvalue weighted by Crippen LogP contribution is 2.02. The Balaban J connectivity index is 2.40. The molecule has 3 heteroatoms. The molecule has 0 bridgehead atoms. The second-order valence-electron chi connectivity index (χ2n) is 3.98. The average molecular weight is 236 g/mol. The first kappa shape index (κ1) is 13.1. The molecule has 2 nitrogen and oxygen atoms in total. The highest BCUT2D eigenvalue weighted by molar-refractivity contribution is 7.80. The predicted octanol–water partition coefficient (Wildman–Crippen LogP) is 2.23. The molecule has 0 fully saturated rings. The molecule has 16 heavy (non-hydrogen) atoms. The Labute approximate surface area is 103 Å². The number of hydrogen-bond donors (Lipinski definition) is 1. The average Bonchev–Trinajstić information content (AvgIpc) is 2.27. The number of hydrogen-bond acceptors (Lipinski definition) is 2. The minimum Gasteiger partial charge on any atom is -0.392 e. The van der Waals surface area contributed by atoms with Gasteiger partial charge in [0.25, 0.3) is 0 Å². The highest BCUT2D eigenvalue weighted by atomic mass is 32.1. The van der Waals surface area contributed by atoms with Crippen LogP contribution in [0.5, 0.6) is 0 Å². The minimum atomic E-state index is 0.585. The zero-order valence-electron chi connectivity index (χ0n) is 9.86. The first-order chi connectivity index (χ1) is 7.72. The molecular weight excluding hydrogens is 216 g/mol. The van der Waals surface area contributed by atoms with Gasteiger partial charge in [-0.25, -0.2) is 0 Å². The van der Waals surface area contributed by atoms with Crippen LogP contribution in [0.2, 0.25) is 0 Å². The molecule has 0 spiro atoms. The van der Waals surface area contributed by atoms with Crippen LogP contribution in [-0.4, -0.2) is 29.5 Å². The van der Waals surface area contributed by atoms with E-state index >= 15 is 0 Å². The maximum absolute atomic E-state index is 5.58. The lowest BCUT2D eigenvalue weighted by molar-refractivity contribution is 0.316. The molecule has 1 rings (SSSR count). The van der Waals surface area contributed by atoms with Crippen molar-refractivity contribution in [2.45, 2.75) is 19.8 Å². The van der Waals surface area contributed by atoms with Gasteiger partial charge in [0, 0.05) is 13.1 Å². The first-order valence-corrected chi connectivity index (χ1v) is 6.17. The minimum absolute atomic E-state index is 0.585. The summed E-state index contributed by atoms with van der Waals surface area (Å²) in [5, 5.41) is 0. The molecule has 1 aromatic carbocycles. The summed E-state index contributed by atoms with van der Waals surface area (Å²) >= 11 is 4.95. The monoisotopic (exact) mass is 236 g/mol. The van der Waals surface area contributed by atoms with Crippen LogP contribution in [-0.2, 0) is 6.42 Å². The third kappa shape index (κ3) is 5.24. The lowest BCUT2D eigenvalue weighted by atomic mass is 10.1. The third-order valence-electron chi connectivity index (χ3n) is 2.48. The van der Waals surface area contributed by atoms with Gasteiger partial charge in [0.05, 0.1) is 4.99 Å². The number of benzene rings is 1. The number of nitrogens with two attached hydrogens (primary N) is 1. The molecule has 0 unspecified atom stereocenters. The summed E-state index contributed by atoms with van der Waals surface area (Å²) in [6.45, 7) is 4.99. The van der Waals surface area contributed by atoms with Gasteiger partial charge in [0.1, 0.15) is 0 Å². The standard InChI is InChI=1S/C13H20N2S/c1-2-9-15(11-13(14)16)10-8-12-6-4-3-5-7-12/h3-7H,2,8-11H2,1H3,(H2,14,16). The molecule has 0 aliphatic carbocycles. The summed E-state index contributed by atoms with van der Waals surface area (Å²) in [6, 6.07) is 10.5. The van der Waals surface area contributed by atoms with E-state index in [1.54, 1.807) is 0 Å². The van der Waals surface area contributed by atoms with Gasteiger partial charge in [0.15, 0.2) is 0 Å². The molecule has 0 aromatic heterocycles. The van der Waals surface area contributed by atoms with Crippen molar-refractivity contribution in [3.05, 3.63) is 35.9 Å². The Morgan fingerprint density at radius 2 is 1.94 bits per heavy atom. The van der Waals surface area contributed by atoms with Gasteiger partial charge >= 0.3 is 0 Å². The van der Waals surface area contributed by atoms with Crippen LogP contribution >= 0.6 is 12.2 Å². The zero-order chi connectivity index (χ0) is 11.8. The molecule has 0 aliphatic heterocycles. The van der Waals surface area contributed by atoms with E-state index in [9.17, 15) is 0 Å². The van der Waals surface area contributed by atoms with E-state index in [0.717, 1.165) is 32.5 Å². The molecule has 88 valence electrons. The van der Waals surface area contributed by atoms with Gasteiger partial charge < -0.3 is 5.73 Å². The molecular formula is C13H20N2S. The largest absolute Gasteiger partial charge is 0.392 e. The van der Waals surface area contributed by atoms with Crippen molar-refractivity contribution in [1.82, 2.24) is 4.90 Å². The van der Waals surface area contributed by atoms with Crippen molar-refractivity contribution >= 4 is 17.2 Å². The maximum atomic E-state index is 5.58. The molecule has 0 heterocycles.